The summed E-state index contributed by atoms with van der Waals surface area (Å²) in [5.41, 5.74) is 2.35. The van der Waals surface area contributed by atoms with E-state index in [1.54, 1.807) is 6.07 Å². The van der Waals surface area contributed by atoms with Gasteiger partial charge in [0.2, 0.25) is 0 Å². The second-order valence-corrected chi connectivity index (χ2v) is 8.95. The third-order valence-corrected chi connectivity index (χ3v) is 7.05. The molecule has 1 unspecified atom stereocenters. The number of piperidine rings is 1. The maximum atomic E-state index is 14.2. The number of imide groups is 1. The molecule has 2 amide bonds. The van der Waals surface area contributed by atoms with Crippen LogP contribution in [-0.4, -0.2) is 23.7 Å². The van der Waals surface area contributed by atoms with Crippen LogP contribution < -0.4 is 26.8 Å². The fraction of sp³-hybridized carbons (Fsp3) is 0.438. The molecule has 1 fully saturated rings. The molecule has 1 aliphatic heterocycles. The number of fused-ring (bicyclic) bond motifs is 1. The Hall–Kier alpha value is -1.51. The van der Waals surface area contributed by atoms with Crippen LogP contribution in [0.1, 0.15) is 43.9 Å². The van der Waals surface area contributed by atoms with E-state index >= 15 is 0 Å². The van der Waals surface area contributed by atoms with Gasteiger partial charge in [-0.1, -0.05) is 0 Å². The number of rotatable bonds is 3. The predicted molar refractivity (Wildman–Crippen MR) is 80.1 cm³/mol. The zero-order valence-electron chi connectivity index (χ0n) is 13.2. The van der Waals surface area contributed by atoms with Gasteiger partial charge in [0.05, 0.1) is 0 Å². The Morgan fingerprint density at radius 3 is 2.78 bits per heavy atom. The number of carbonyl (C=O) groups is 2. The molecule has 3 rings (SSSR count). The first-order chi connectivity index (χ1) is 10.9. The Morgan fingerprint density at radius 2 is 2.13 bits per heavy atom. The van der Waals surface area contributed by atoms with Crippen molar-refractivity contribution < 1.29 is 35.5 Å². The van der Waals surface area contributed by atoms with Crippen LogP contribution in [0.25, 0.3) is 10.9 Å². The van der Waals surface area contributed by atoms with Crippen molar-refractivity contribution >= 4 is 22.7 Å². The van der Waals surface area contributed by atoms with Gasteiger partial charge >= 0.3 is 144 Å². The van der Waals surface area contributed by atoms with Crippen molar-refractivity contribution in [1.29, 1.82) is 0 Å². The molecule has 23 heavy (non-hydrogen) atoms. The fourth-order valence-corrected chi connectivity index (χ4v) is 5.65. The first kappa shape index (κ1) is 16.4. The Labute approximate surface area is 144 Å². The molecule has 1 N–H and O–H groups in total. The van der Waals surface area contributed by atoms with Crippen molar-refractivity contribution in [3.05, 3.63) is 29.2 Å². The van der Waals surface area contributed by atoms with E-state index in [0.717, 1.165) is 16.6 Å². The third-order valence-electron chi connectivity index (χ3n) is 3.93. The molecule has 124 valence electrons. The average Bonchev–Trinajstić information content (AvgIpc) is 2.78. The monoisotopic (exact) mass is 430 g/mol. The zero-order chi connectivity index (χ0) is 16.7. The first-order valence-electron chi connectivity index (χ1n) is 7.54. The second kappa shape index (κ2) is 6.18. The molecule has 0 bridgehead atoms. The van der Waals surface area contributed by atoms with Gasteiger partial charge in [0.25, 0.3) is 0 Å². The molecular formula is C16H18FIN3O2-. The van der Waals surface area contributed by atoms with E-state index in [-0.39, 0.29) is 27.5 Å². The van der Waals surface area contributed by atoms with Crippen molar-refractivity contribution in [2.45, 2.75) is 43.5 Å². The molecule has 1 aliphatic rings. The number of hydrogen-bond acceptors (Lipinski definition) is 3. The maximum absolute atomic E-state index is 14.2. The Bertz CT molecular complexity index is 800. The number of nitrogens with zero attached hydrogens (tertiary/aromatic N) is 2. The summed E-state index contributed by atoms with van der Waals surface area (Å²) in [6.45, 7) is 5.80. The SMILES string of the molecule is Cc1nn([I-]C2CCC(=O)NC2=O)c2ccc(F)c(C(C)C)c12. The summed E-state index contributed by atoms with van der Waals surface area (Å²) in [6.07, 6.45) is 0.941. The number of hydrogen-bond donors (Lipinski definition) is 1. The molecule has 2 aromatic rings. The van der Waals surface area contributed by atoms with Gasteiger partial charge in [-0.05, 0) is 0 Å². The van der Waals surface area contributed by atoms with E-state index in [1.807, 2.05) is 23.7 Å². The van der Waals surface area contributed by atoms with Crippen molar-refractivity contribution in [1.82, 2.24) is 13.3 Å². The number of aromatic nitrogens is 2. The summed E-state index contributed by atoms with van der Waals surface area (Å²) in [5.74, 6) is -0.569. The predicted octanol–water partition coefficient (Wildman–Crippen LogP) is -0.735. The third kappa shape index (κ3) is 2.98. The number of amides is 2. The van der Waals surface area contributed by atoms with Crippen molar-refractivity contribution in [2.75, 3.05) is 0 Å². The van der Waals surface area contributed by atoms with Crippen molar-refractivity contribution in [3.8, 4) is 0 Å². The molecule has 0 spiro atoms. The fourth-order valence-electron chi connectivity index (χ4n) is 2.86. The van der Waals surface area contributed by atoms with Crippen LogP contribution >= 0.6 is 0 Å². The van der Waals surface area contributed by atoms with E-state index in [1.165, 1.54) is 6.07 Å². The van der Waals surface area contributed by atoms with Gasteiger partial charge in [0, 0.05) is 0 Å². The van der Waals surface area contributed by atoms with E-state index in [0.29, 0.717) is 18.4 Å². The van der Waals surface area contributed by atoms with Gasteiger partial charge in [-0.15, -0.1) is 0 Å². The Balaban J connectivity index is 2.01. The molecule has 0 aliphatic carbocycles. The minimum absolute atomic E-state index is 0.0591. The molecular weight excluding hydrogens is 412 g/mol. The van der Waals surface area contributed by atoms with Crippen LogP contribution in [0.15, 0.2) is 12.1 Å². The summed E-state index contributed by atoms with van der Waals surface area (Å²) in [7, 11) is 0. The summed E-state index contributed by atoms with van der Waals surface area (Å²) in [4.78, 5) is 23.2. The van der Waals surface area contributed by atoms with Crippen molar-refractivity contribution in [2.24, 2.45) is 0 Å². The summed E-state index contributed by atoms with van der Waals surface area (Å²) in [5, 5.41) is 7.80. The number of halogens is 2. The molecule has 7 heteroatoms. The normalized spacial score (nSPS) is 18.9. The van der Waals surface area contributed by atoms with Gasteiger partial charge in [-0.3, -0.25) is 0 Å². The van der Waals surface area contributed by atoms with Gasteiger partial charge in [0.1, 0.15) is 0 Å². The molecule has 1 aromatic carbocycles. The van der Waals surface area contributed by atoms with E-state index in [2.05, 4.69) is 10.4 Å². The first-order valence-corrected chi connectivity index (χ1v) is 9.75. The quantitative estimate of drug-likeness (QED) is 0.397. The van der Waals surface area contributed by atoms with Crippen LogP contribution in [-0.2, 0) is 9.59 Å². The van der Waals surface area contributed by atoms with Crippen LogP contribution in [0.2, 0.25) is 0 Å². The molecule has 1 aromatic heterocycles. The molecule has 1 saturated heterocycles. The van der Waals surface area contributed by atoms with Crippen molar-refractivity contribution in [3.63, 3.8) is 0 Å². The number of carbonyl (C=O) groups excluding carboxylic acids is 2. The van der Waals surface area contributed by atoms with E-state index in [9.17, 15) is 14.0 Å². The number of aryl methyl sites for hydroxylation is 1. The van der Waals surface area contributed by atoms with Crippen LogP contribution in [0.3, 0.4) is 0 Å². The van der Waals surface area contributed by atoms with E-state index < -0.39 is 21.5 Å². The average molecular weight is 430 g/mol. The topological polar surface area (TPSA) is 64.0 Å². The van der Waals surface area contributed by atoms with Crippen LogP contribution in [0.4, 0.5) is 4.39 Å². The second-order valence-electron chi connectivity index (χ2n) is 5.97. The van der Waals surface area contributed by atoms with Gasteiger partial charge < -0.3 is 0 Å². The van der Waals surface area contributed by atoms with Crippen LogP contribution in [0.5, 0.6) is 0 Å². The summed E-state index contributed by atoms with van der Waals surface area (Å²) < 4.78 is 15.9. The zero-order valence-corrected chi connectivity index (χ0v) is 15.3. The molecule has 1 atom stereocenters. The molecule has 0 saturated carbocycles. The van der Waals surface area contributed by atoms with Gasteiger partial charge in [-0.2, -0.15) is 0 Å². The Morgan fingerprint density at radius 1 is 1.39 bits per heavy atom. The van der Waals surface area contributed by atoms with Gasteiger partial charge in [0.15, 0.2) is 0 Å². The molecule has 5 nitrogen and oxygen atoms in total. The minimum atomic E-state index is -0.759. The number of alkyl halides is 1. The Kier molecular flexibility index (Phi) is 4.39. The molecule has 0 radical (unpaired) electrons. The summed E-state index contributed by atoms with van der Waals surface area (Å²) in [6, 6.07) is 3.21. The number of nitrogens with one attached hydrogen (secondary N) is 1. The van der Waals surface area contributed by atoms with Gasteiger partial charge in [-0.25, -0.2) is 0 Å². The molecule has 2 heterocycles. The number of benzene rings is 1. The van der Waals surface area contributed by atoms with E-state index in [4.69, 9.17) is 0 Å². The van der Waals surface area contributed by atoms with Crippen LogP contribution in [0, 0.1) is 12.7 Å². The standard InChI is InChI=1S/C16H18FIN3O2/c1-8(2)14-10(17)4-6-12-15(14)9(3)20-21(12)18-11-5-7-13(22)19-16(11)23/h4,6,8,11H,5,7H2,1-3H3,(H,19,22,23)/q-1. The summed E-state index contributed by atoms with van der Waals surface area (Å²) >= 11 is -0.759.